The molecule has 1 saturated carbocycles. The first-order chi connectivity index (χ1) is 9.61. The second-order valence-corrected chi connectivity index (χ2v) is 6.15. The number of hydrazine groups is 1. The fraction of sp³-hybridized carbons (Fsp3) is 0.857. The number of nitrogens with zero attached hydrogens (tertiary/aromatic N) is 3. The van der Waals surface area contributed by atoms with Crippen molar-refractivity contribution in [2.24, 2.45) is 11.8 Å². The summed E-state index contributed by atoms with van der Waals surface area (Å²) in [6.45, 7) is 5.24. The number of nitrogens with two attached hydrogens (primary N) is 1. The van der Waals surface area contributed by atoms with Gasteiger partial charge < -0.3 is 4.74 Å². The number of aromatic nitrogens is 3. The van der Waals surface area contributed by atoms with Crippen LogP contribution >= 0.6 is 0 Å². The van der Waals surface area contributed by atoms with E-state index < -0.39 is 0 Å². The van der Waals surface area contributed by atoms with Crippen LogP contribution in [0.5, 0.6) is 0 Å². The molecule has 0 radical (unpaired) electrons. The van der Waals surface area contributed by atoms with Gasteiger partial charge in [0.1, 0.15) is 12.2 Å². The van der Waals surface area contributed by atoms with Crippen molar-refractivity contribution >= 4 is 0 Å². The lowest BCUT2D eigenvalue weighted by Gasteiger charge is -2.35. The largest absolute Gasteiger partial charge is 0.377 e. The maximum atomic E-state index is 5.82. The summed E-state index contributed by atoms with van der Waals surface area (Å²) in [5.41, 5.74) is 2.79. The first-order valence-electron chi connectivity index (χ1n) is 7.49. The zero-order valence-electron chi connectivity index (χ0n) is 12.8. The number of hydrogen-bond acceptors (Lipinski definition) is 5. The van der Waals surface area contributed by atoms with Gasteiger partial charge in [0, 0.05) is 20.1 Å². The van der Waals surface area contributed by atoms with Gasteiger partial charge in [-0.2, -0.15) is 5.10 Å². The lowest BCUT2D eigenvalue weighted by molar-refractivity contribution is -0.0362. The highest BCUT2D eigenvalue weighted by Crippen LogP contribution is 2.36. The quantitative estimate of drug-likeness (QED) is 0.581. The standard InChI is InChI=1S/C14H27N5O/c1-11(2)9-19-13(16-10-17-19)8-12(18-15)14(20-3)6-4-5-7-14/h10-12,18H,4-9,15H2,1-3H3. The molecule has 0 amide bonds. The van der Waals surface area contributed by atoms with E-state index in [-0.39, 0.29) is 11.6 Å². The summed E-state index contributed by atoms with van der Waals surface area (Å²) < 4.78 is 7.80. The van der Waals surface area contributed by atoms with Gasteiger partial charge >= 0.3 is 0 Å². The minimum atomic E-state index is -0.163. The van der Waals surface area contributed by atoms with Crippen molar-refractivity contribution in [3.05, 3.63) is 12.2 Å². The molecule has 2 rings (SSSR count). The molecule has 1 aliphatic rings. The van der Waals surface area contributed by atoms with Crippen LogP contribution in [0.25, 0.3) is 0 Å². The number of methoxy groups -OCH3 is 1. The van der Waals surface area contributed by atoms with Gasteiger partial charge in [0.15, 0.2) is 0 Å². The number of nitrogens with one attached hydrogen (secondary N) is 1. The molecule has 1 aliphatic carbocycles. The predicted molar refractivity (Wildman–Crippen MR) is 77.9 cm³/mol. The third-order valence-electron chi connectivity index (χ3n) is 4.31. The van der Waals surface area contributed by atoms with E-state index in [9.17, 15) is 0 Å². The maximum absolute atomic E-state index is 5.82. The predicted octanol–water partition coefficient (Wildman–Crippen LogP) is 1.27. The Morgan fingerprint density at radius 3 is 2.70 bits per heavy atom. The van der Waals surface area contributed by atoms with Gasteiger partial charge in [0.05, 0.1) is 11.6 Å². The van der Waals surface area contributed by atoms with E-state index in [2.05, 4.69) is 29.4 Å². The summed E-state index contributed by atoms with van der Waals surface area (Å²) in [5.74, 6) is 7.31. The molecule has 1 heterocycles. The Morgan fingerprint density at radius 1 is 1.45 bits per heavy atom. The average molecular weight is 281 g/mol. The molecular formula is C14H27N5O. The monoisotopic (exact) mass is 281 g/mol. The second kappa shape index (κ2) is 6.65. The minimum absolute atomic E-state index is 0.0742. The van der Waals surface area contributed by atoms with Gasteiger partial charge in [-0.3, -0.25) is 11.3 Å². The van der Waals surface area contributed by atoms with Crippen molar-refractivity contribution in [3.63, 3.8) is 0 Å². The molecule has 1 unspecified atom stereocenters. The maximum Gasteiger partial charge on any atom is 0.138 e. The zero-order valence-corrected chi connectivity index (χ0v) is 12.8. The Bertz CT molecular complexity index is 411. The molecular weight excluding hydrogens is 254 g/mol. The van der Waals surface area contributed by atoms with Gasteiger partial charge in [-0.05, 0) is 18.8 Å². The van der Waals surface area contributed by atoms with Crippen LogP contribution in [0, 0.1) is 5.92 Å². The van der Waals surface area contributed by atoms with E-state index in [1.165, 1.54) is 12.8 Å². The van der Waals surface area contributed by atoms with Crippen LogP contribution in [0.4, 0.5) is 0 Å². The van der Waals surface area contributed by atoms with Crippen LogP contribution in [0.2, 0.25) is 0 Å². The molecule has 0 bridgehead atoms. The topological polar surface area (TPSA) is 78.0 Å². The zero-order chi connectivity index (χ0) is 14.6. The molecule has 3 N–H and O–H groups in total. The van der Waals surface area contributed by atoms with E-state index in [1.54, 1.807) is 13.4 Å². The normalized spacial score (nSPS) is 19.6. The Hall–Kier alpha value is -0.980. The number of ether oxygens (including phenoxy) is 1. The van der Waals surface area contributed by atoms with Gasteiger partial charge in [-0.25, -0.2) is 9.67 Å². The first kappa shape index (κ1) is 15.4. The van der Waals surface area contributed by atoms with Gasteiger partial charge in [0.25, 0.3) is 0 Å². The van der Waals surface area contributed by atoms with Gasteiger partial charge in [-0.1, -0.05) is 26.7 Å². The summed E-state index contributed by atoms with van der Waals surface area (Å²) in [5, 5.41) is 4.32. The number of rotatable bonds is 7. The van der Waals surface area contributed by atoms with E-state index in [0.29, 0.717) is 5.92 Å². The average Bonchev–Trinajstić information content (AvgIpc) is 3.05. The van der Waals surface area contributed by atoms with E-state index in [1.807, 2.05) is 4.68 Å². The summed E-state index contributed by atoms with van der Waals surface area (Å²) in [6, 6.07) is 0.0742. The van der Waals surface area contributed by atoms with Crippen LogP contribution in [-0.4, -0.2) is 33.5 Å². The summed E-state index contributed by atoms with van der Waals surface area (Å²) in [4.78, 5) is 4.39. The molecule has 1 aromatic rings. The fourth-order valence-electron chi connectivity index (χ4n) is 3.19. The van der Waals surface area contributed by atoms with Crippen LogP contribution in [-0.2, 0) is 17.7 Å². The van der Waals surface area contributed by atoms with Crippen molar-refractivity contribution in [2.75, 3.05) is 7.11 Å². The van der Waals surface area contributed by atoms with Crippen LogP contribution in [0.1, 0.15) is 45.4 Å². The molecule has 114 valence electrons. The molecule has 6 heteroatoms. The van der Waals surface area contributed by atoms with Crippen molar-refractivity contribution in [1.82, 2.24) is 20.2 Å². The highest BCUT2D eigenvalue weighted by molar-refractivity contribution is 5.02. The molecule has 0 aromatic carbocycles. The minimum Gasteiger partial charge on any atom is -0.377 e. The Labute approximate surface area is 121 Å². The number of hydrogen-bond donors (Lipinski definition) is 2. The highest BCUT2D eigenvalue weighted by atomic mass is 16.5. The third kappa shape index (κ3) is 3.19. The lowest BCUT2D eigenvalue weighted by Crippen LogP contribution is -2.54. The first-order valence-corrected chi connectivity index (χ1v) is 7.49. The Morgan fingerprint density at radius 2 is 2.15 bits per heavy atom. The summed E-state index contributed by atoms with van der Waals surface area (Å²) >= 11 is 0. The summed E-state index contributed by atoms with van der Waals surface area (Å²) in [7, 11) is 1.79. The molecule has 1 aromatic heterocycles. The van der Waals surface area contributed by atoms with Crippen molar-refractivity contribution in [2.45, 2.75) is 64.1 Å². The highest BCUT2D eigenvalue weighted by Gasteiger charge is 2.41. The van der Waals surface area contributed by atoms with Crippen molar-refractivity contribution in [1.29, 1.82) is 0 Å². The third-order valence-corrected chi connectivity index (χ3v) is 4.31. The molecule has 1 atom stereocenters. The molecule has 0 aliphatic heterocycles. The molecule has 20 heavy (non-hydrogen) atoms. The van der Waals surface area contributed by atoms with E-state index >= 15 is 0 Å². The summed E-state index contributed by atoms with van der Waals surface area (Å²) in [6.07, 6.45) is 6.87. The SMILES string of the molecule is COC1(C(Cc2ncnn2CC(C)C)NN)CCCC1. The lowest BCUT2D eigenvalue weighted by atomic mass is 9.89. The molecule has 0 saturated heterocycles. The van der Waals surface area contributed by atoms with Gasteiger partial charge in [0.2, 0.25) is 0 Å². The van der Waals surface area contributed by atoms with Gasteiger partial charge in [-0.15, -0.1) is 0 Å². The van der Waals surface area contributed by atoms with Crippen LogP contribution in [0.3, 0.4) is 0 Å². The Balaban J connectivity index is 2.12. The molecule has 1 fully saturated rings. The fourth-order valence-corrected chi connectivity index (χ4v) is 3.19. The Kier molecular flexibility index (Phi) is 5.12. The van der Waals surface area contributed by atoms with E-state index in [0.717, 1.165) is 31.6 Å². The van der Waals surface area contributed by atoms with Crippen molar-refractivity contribution < 1.29 is 4.74 Å². The second-order valence-electron chi connectivity index (χ2n) is 6.15. The molecule has 6 nitrogen and oxygen atoms in total. The van der Waals surface area contributed by atoms with Crippen molar-refractivity contribution in [3.8, 4) is 0 Å². The van der Waals surface area contributed by atoms with Crippen LogP contribution in [0.15, 0.2) is 6.33 Å². The van der Waals surface area contributed by atoms with E-state index in [4.69, 9.17) is 10.6 Å². The smallest absolute Gasteiger partial charge is 0.138 e. The van der Waals surface area contributed by atoms with Crippen LogP contribution < -0.4 is 11.3 Å². The molecule has 0 spiro atoms.